The number of aryl methyl sites for hydroxylation is 1. The number of nitrogens with zero attached hydrogens (tertiary/aromatic N) is 4. The zero-order valence-electron chi connectivity index (χ0n) is 33.1. The summed E-state index contributed by atoms with van der Waals surface area (Å²) in [4.78, 5) is 50.7. The van der Waals surface area contributed by atoms with Gasteiger partial charge in [0.1, 0.15) is 24.8 Å². The number of carbonyl (C=O) groups excluding carboxylic acids is 3. The number of imide groups is 1. The van der Waals surface area contributed by atoms with E-state index in [9.17, 15) is 18.9 Å². The first-order valence-corrected chi connectivity index (χ1v) is 23.0. The molecule has 3 amide bonds. The average molecular weight is 811 g/mol. The number of ether oxygens (including phenoxy) is 1. The Balaban J connectivity index is 0.855. The van der Waals surface area contributed by atoms with Crippen LogP contribution in [0.4, 0.5) is 5.69 Å². The van der Waals surface area contributed by atoms with Crippen molar-refractivity contribution in [1.29, 1.82) is 0 Å². The number of piperidine rings is 2. The van der Waals surface area contributed by atoms with Crippen molar-refractivity contribution in [3.63, 3.8) is 0 Å². The van der Waals surface area contributed by atoms with E-state index in [1.54, 1.807) is 31.5 Å². The second-order valence-corrected chi connectivity index (χ2v) is 19.4. The Hall–Kier alpha value is -4.57. The number of amides is 3. The lowest BCUT2D eigenvalue weighted by Gasteiger charge is -2.34. The predicted octanol–water partition coefficient (Wildman–Crippen LogP) is 6.30. The van der Waals surface area contributed by atoms with Crippen molar-refractivity contribution >= 4 is 47.5 Å². The molecule has 0 aliphatic carbocycles. The van der Waals surface area contributed by atoms with Gasteiger partial charge in [0.2, 0.25) is 11.8 Å². The normalized spacial score (nSPS) is 17.5. The molecular weight excluding hydrogens is 759 g/mol. The number of nitrogens with one attached hydrogen (secondary N) is 2. The molecule has 3 aliphatic rings. The van der Waals surface area contributed by atoms with Gasteiger partial charge in [-0.3, -0.25) is 19.7 Å². The molecule has 300 valence electrons. The summed E-state index contributed by atoms with van der Waals surface area (Å²) in [5.41, 5.74) is 6.69. The van der Waals surface area contributed by atoms with Crippen molar-refractivity contribution in [2.75, 3.05) is 45.0 Å². The molecule has 1 unspecified atom stereocenters. The fraction of sp³-hybridized carbons (Fsp3) is 0.432. The molecule has 0 radical (unpaired) electrons. The highest BCUT2D eigenvalue weighted by molar-refractivity contribution is 7.70. The van der Waals surface area contributed by atoms with Gasteiger partial charge in [0.05, 0.1) is 17.8 Å². The van der Waals surface area contributed by atoms with E-state index in [2.05, 4.69) is 44.8 Å². The van der Waals surface area contributed by atoms with Gasteiger partial charge in [0, 0.05) is 79.3 Å². The lowest BCUT2D eigenvalue weighted by molar-refractivity contribution is -0.136. The minimum atomic E-state index is -2.47. The Bertz CT molecular complexity index is 2180. The Labute approximate surface area is 340 Å². The molecule has 2 saturated heterocycles. The van der Waals surface area contributed by atoms with Crippen LogP contribution in [0.5, 0.6) is 5.75 Å². The molecule has 0 bridgehead atoms. The van der Waals surface area contributed by atoms with Crippen molar-refractivity contribution in [3.8, 4) is 5.75 Å². The standard InChI is InChI=1S/C44H52ClN6O5P/c1-56-39-26-33(16-15-30(39)25-41-47-27-36(45)37(48-41)24-31-11-6-7-14-40(31)57(2,3)55)50-22-19-32(20-23-50)46-21-8-4-5-10-29-12-9-13-34-35(29)28-51(44(34)54)38-17-18-42(52)49-43(38)53/h6-7,9,11-16,26-27,32,38,46H,4-5,8,10,17-25,28H2,1-3H3,(H,49,52,53). The summed E-state index contributed by atoms with van der Waals surface area (Å²) in [6, 6.07) is 19.9. The highest BCUT2D eigenvalue weighted by Gasteiger charge is 2.39. The lowest BCUT2D eigenvalue weighted by Crippen LogP contribution is -2.52. The van der Waals surface area contributed by atoms with Crippen LogP contribution in [0.15, 0.2) is 66.9 Å². The van der Waals surface area contributed by atoms with Gasteiger partial charge in [-0.2, -0.15) is 0 Å². The first-order valence-electron chi connectivity index (χ1n) is 20.0. The van der Waals surface area contributed by atoms with Gasteiger partial charge in [-0.25, -0.2) is 9.97 Å². The van der Waals surface area contributed by atoms with Crippen LogP contribution in [-0.2, 0) is 40.0 Å². The van der Waals surface area contributed by atoms with Gasteiger partial charge >= 0.3 is 0 Å². The summed E-state index contributed by atoms with van der Waals surface area (Å²) < 4.78 is 18.8. The summed E-state index contributed by atoms with van der Waals surface area (Å²) >= 11 is 6.55. The van der Waals surface area contributed by atoms with Crippen LogP contribution in [0.1, 0.15) is 89.1 Å². The van der Waals surface area contributed by atoms with E-state index in [-0.39, 0.29) is 24.1 Å². The van der Waals surface area contributed by atoms with Gasteiger partial charge in [0.25, 0.3) is 5.91 Å². The van der Waals surface area contributed by atoms with Crippen LogP contribution in [0, 0.1) is 0 Å². The number of unbranched alkanes of at least 4 members (excludes halogenated alkanes) is 2. The second-order valence-electron chi connectivity index (χ2n) is 15.8. The summed E-state index contributed by atoms with van der Waals surface area (Å²) in [6.45, 7) is 6.88. The van der Waals surface area contributed by atoms with Gasteiger partial charge in [-0.1, -0.05) is 60.5 Å². The van der Waals surface area contributed by atoms with Crippen LogP contribution in [0.25, 0.3) is 0 Å². The highest BCUT2D eigenvalue weighted by atomic mass is 35.5. The van der Waals surface area contributed by atoms with Crippen molar-refractivity contribution in [1.82, 2.24) is 25.5 Å². The maximum Gasteiger partial charge on any atom is 0.255 e. The van der Waals surface area contributed by atoms with Crippen molar-refractivity contribution < 1.29 is 23.7 Å². The van der Waals surface area contributed by atoms with E-state index in [1.807, 2.05) is 36.4 Å². The van der Waals surface area contributed by atoms with Gasteiger partial charge in [-0.15, -0.1) is 0 Å². The highest BCUT2D eigenvalue weighted by Crippen LogP contribution is 2.37. The number of carbonyl (C=O) groups is 3. The Morgan fingerprint density at radius 1 is 0.930 bits per heavy atom. The monoisotopic (exact) mass is 810 g/mol. The molecule has 1 atom stereocenters. The van der Waals surface area contributed by atoms with Crippen molar-refractivity contribution in [2.24, 2.45) is 0 Å². The molecule has 1 aromatic heterocycles. The third-order valence-corrected chi connectivity index (χ3v) is 13.4. The molecule has 3 aliphatic heterocycles. The van der Waals surface area contributed by atoms with E-state index in [1.165, 1.54) is 5.56 Å². The van der Waals surface area contributed by atoms with Crippen LogP contribution < -0.4 is 25.6 Å². The molecular formula is C44H52ClN6O5P. The van der Waals surface area contributed by atoms with E-state index in [0.717, 1.165) is 91.6 Å². The van der Waals surface area contributed by atoms with Gasteiger partial charge in [0.15, 0.2) is 0 Å². The molecule has 3 aromatic carbocycles. The quantitative estimate of drug-likeness (QED) is 0.0807. The number of hydrogen-bond acceptors (Lipinski definition) is 9. The average Bonchev–Trinajstić information content (AvgIpc) is 3.53. The Morgan fingerprint density at radius 3 is 2.49 bits per heavy atom. The van der Waals surface area contributed by atoms with E-state index in [0.29, 0.717) is 54.0 Å². The van der Waals surface area contributed by atoms with E-state index < -0.39 is 13.2 Å². The Kier molecular flexibility index (Phi) is 12.8. The zero-order chi connectivity index (χ0) is 40.1. The number of rotatable bonds is 15. The van der Waals surface area contributed by atoms with E-state index in [4.69, 9.17) is 21.3 Å². The Morgan fingerprint density at radius 2 is 1.72 bits per heavy atom. The molecule has 0 spiro atoms. The van der Waals surface area contributed by atoms with Crippen molar-refractivity contribution in [2.45, 2.75) is 82.8 Å². The third-order valence-electron chi connectivity index (χ3n) is 11.5. The second kappa shape index (κ2) is 17.9. The number of anilines is 1. The van der Waals surface area contributed by atoms with E-state index >= 15 is 0 Å². The van der Waals surface area contributed by atoms with Gasteiger partial charge in [-0.05, 0) is 87.2 Å². The number of halogens is 1. The number of fused-ring (bicyclic) bond motifs is 1. The fourth-order valence-corrected chi connectivity index (χ4v) is 9.86. The van der Waals surface area contributed by atoms with Crippen LogP contribution >= 0.6 is 18.7 Å². The summed E-state index contributed by atoms with van der Waals surface area (Å²) in [5.74, 6) is 0.688. The zero-order valence-corrected chi connectivity index (χ0v) is 34.7. The first-order chi connectivity index (χ1) is 27.5. The minimum Gasteiger partial charge on any atom is -0.496 e. The van der Waals surface area contributed by atoms with Crippen LogP contribution in [-0.4, -0.2) is 84.7 Å². The third kappa shape index (κ3) is 9.60. The molecule has 11 nitrogen and oxygen atoms in total. The molecule has 7 rings (SSSR count). The molecule has 4 aromatic rings. The summed E-state index contributed by atoms with van der Waals surface area (Å²) in [6.07, 6.45) is 9.49. The number of methoxy groups -OCH3 is 1. The number of hydrogen-bond donors (Lipinski definition) is 2. The molecule has 57 heavy (non-hydrogen) atoms. The maximum atomic E-state index is 13.2. The smallest absolute Gasteiger partial charge is 0.255 e. The van der Waals surface area contributed by atoms with Crippen molar-refractivity contribution in [3.05, 3.63) is 111 Å². The topological polar surface area (TPSA) is 134 Å². The predicted molar refractivity (Wildman–Crippen MR) is 224 cm³/mol. The minimum absolute atomic E-state index is 0.117. The SMILES string of the molecule is COc1cc(N2CCC(NCCCCCc3cccc4c3CN(C3CCC(=O)NC3=O)C4=O)CC2)ccc1Cc1ncc(Cl)c(Cc2ccccc2P(C)(C)=O)n1. The molecule has 2 N–H and O–H groups in total. The molecule has 4 heterocycles. The van der Waals surface area contributed by atoms with Crippen LogP contribution in [0.3, 0.4) is 0 Å². The first kappa shape index (κ1) is 40.6. The fourth-order valence-electron chi connectivity index (χ4n) is 8.41. The number of aromatic nitrogens is 2. The van der Waals surface area contributed by atoms with Gasteiger partial charge < -0.3 is 24.4 Å². The number of benzene rings is 3. The lowest BCUT2D eigenvalue weighted by atomic mass is 9.98. The molecule has 0 saturated carbocycles. The largest absolute Gasteiger partial charge is 0.496 e. The molecule has 2 fully saturated rings. The molecule has 13 heteroatoms. The maximum absolute atomic E-state index is 13.2. The van der Waals surface area contributed by atoms with Crippen LogP contribution in [0.2, 0.25) is 5.02 Å². The summed E-state index contributed by atoms with van der Waals surface area (Å²) in [7, 11) is -0.769. The summed E-state index contributed by atoms with van der Waals surface area (Å²) in [5, 5.41) is 7.50.